The molecule has 0 N–H and O–H groups in total. The van der Waals surface area contributed by atoms with Crippen LogP contribution in [0, 0.1) is 40.5 Å². The van der Waals surface area contributed by atoms with Crippen molar-refractivity contribution >= 4 is 40.8 Å². The summed E-state index contributed by atoms with van der Waals surface area (Å²) >= 11 is 1.39. The zero-order valence-corrected chi connectivity index (χ0v) is 35.1. The Kier molecular flexibility index (Phi) is 15.2. The molecule has 2 aromatic heterocycles. The van der Waals surface area contributed by atoms with E-state index in [1.54, 1.807) is 108 Å². The first-order valence-electron chi connectivity index (χ1n) is 17.2. The molecule has 0 saturated heterocycles. The lowest BCUT2D eigenvalue weighted by molar-refractivity contribution is 0.414. The van der Waals surface area contributed by atoms with E-state index in [2.05, 4.69) is 19.5 Å². The standard InChI is InChI=1S/C16H15NO3S.C14H12N2O2S.C13H11NO2S2/c1-12-4-10-15(11-5-12)21(18,19)16(17-2)13-6-8-14(20-3)9-7-13;1-11-5-7-13(8-6-11)19(17,18)14(15-2)12-4-3-9-16-10-12;1-10-3-5-12(6-4-10)18(15,16)13(14-2)11-7-8-17-9-11/h4-11,16H,1,3H3;3-10,14H,1H3;3-9,13H,1H3. The fourth-order valence-corrected chi connectivity index (χ4v) is 10.3. The van der Waals surface area contributed by atoms with Crippen LogP contribution in [0.2, 0.25) is 0 Å². The normalized spacial score (nSPS) is 12.6. The van der Waals surface area contributed by atoms with Crippen molar-refractivity contribution in [3.63, 3.8) is 0 Å². The predicted molar refractivity (Wildman–Crippen MR) is 225 cm³/mol. The van der Waals surface area contributed by atoms with E-state index < -0.39 is 45.6 Å². The van der Waals surface area contributed by atoms with Crippen molar-refractivity contribution in [3.8, 4) is 5.75 Å². The molecule has 15 heteroatoms. The smallest absolute Gasteiger partial charge is 0.351 e. The average Bonchev–Trinajstić information content (AvgIpc) is 3.75. The molecule has 0 amide bonds. The Morgan fingerprint density at radius 1 is 0.534 bits per heavy atom. The number of aryl methyl sites for hydroxylation is 3. The minimum Gasteiger partial charge on any atom is -0.497 e. The van der Waals surface area contributed by atoms with Gasteiger partial charge in [0.2, 0.25) is 0 Å². The molecule has 6 rings (SSSR count). The highest BCUT2D eigenvalue weighted by molar-refractivity contribution is 7.92. The summed E-state index contributed by atoms with van der Waals surface area (Å²) < 4.78 is 79.8. The maximum Gasteiger partial charge on any atom is 0.351 e. The second-order valence-corrected chi connectivity index (χ2v) is 19.4. The topological polar surface area (TPSA) is 138 Å². The van der Waals surface area contributed by atoms with Gasteiger partial charge in [0.05, 0.1) is 38.5 Å². The molecule has 0 fully saturated rings. The number of pyridine rings is 1. The van der Waals surface area contributed by atoms with Gasteiger partial charge in [-0.2, -0.15) is 11.3 Å². The van der Waals surface area contributed by atoms with Crippen LogP contribution in [-0.2, 0) is 29.5 Å². The highest BCUT2D eigenvalue weighted by Crippen LogP contribution is 2.33. The molecule has 0 aliphatic carbocycles. The number of sulfone groups is 3. The van der Waals surface area contributed by atoms with Crippen LogP contribution >= 0.6 is 11.3 Å². The molecule has 58 heavy (non-hydrogen) atoms. The number of nitrogens with zero attached hydrogens (tertiary/aromatic N) is 4. The summed E-state index contributed by atoms with van der Waals surface area (Å²) in [5.41, 5.74) is 4.29. The number of ether oxygens (including phenoxy) is 1. The second kappa shape index (κ2) is 19.8. The summed E-state index contributed by atoms with van der Waals surface area (Å²) in [5, 5.41) is -0.159. The number of rotatable bonds is 10. The van der Waals surface area contributed by atoms with E-state index >= 15 is 0 Å². The molecule has 0 spiro atoms. The Morgan fingerprint density at radius 2 is 0.931 bits per heavy atom. The van der Waals surface area contributed by atoms with Crippen molar-refractivity contribution in [1.82, 2.24) is 4.98 Å². The van der Waals surface area contributed by atoms with Crippen LogP contribution in [0.1, 0.15) is 49.5 Å². The fourth-order valence-electron chi connectivity index (χ4n) is 5.25. The fraction of sp³-hybridized carbons (Fsp3) is 0.163. The SMILES string of the molecule is [C-]#[N+]C(c1ccc(OC)cc1)S(=O)(=O)c1ccc(C)cc1.[C-]#[N+]C(c1cccnc1)S(=O)(=O)c1ccc(C)cc1.[C-]#[N+]C(c1ccsc1)S(=O)(=O)c1ccc(C)cc1. The zero-order chi connectivity index (χ0) is 42.5. The van der Waals surface area contributed by atoms with E-state index in [1.807, 2.05) is 20.8 Å². The largest absolute Gasteiger partial charge is 0.497 e. The van der Waals surface area contributed by atoms with Gasteiger partial charge in [-0.15, -0.1) is 0 Å². The lowest BCUT2D eigenvalue weighted by Gasteiger charge is -2.09. The first-order valence-corrected chi connectivity index (χ1v) is 22.8. The third-order valence-electron chi connectivity index (χ3n) is 8.48. The van der Waals surface area contributed by atoms with Gasteiger partial charge < -0.3 is 4.74 Å². The summed E-state index contributed by atoms with van der Waals surface area (Å²) in [6.45, 7) is 27.2. The molecule has 296 valence electrons. The van der Waals surface area contributed by atoms with Crippen LogP contribution in [0.25, 0.3) is 14.5 Å². The van der Waals surface area contributed by atoms with Crippen LogP contribution in [0.3, 0.4) is 0 Å². The summed E-state index contributed by atoms with van der Waals surface area (Å²) in [6, 6.07) is 31.0. The van der Waals surface area contributed by atoms with Gasteiger partial charge >= 0.3 is 16.1 Å². The van der Waals surface area contributed by atoms with Gasteiger partial charge in [-0.05, 0) is 105 Å². The Labute approximate surface area is 344 Å². The Balaban J connectivity index is 0.000000193. The Bertz CT molecular complexity index is 2740. The third-order valence-corrected chi connectivity index (χ3v) is 14.9. The predicted octanol–water partition coefficient (Wildman–Crippen LogP) is 9.63. The van der Waals surface area contributed by atoms with Gasteiger partial charge in [0.1, 0.15) is 5.75 Å². The van der Waals surface area contributed by atoms with Crippen LogP contribution in [0.5, 0.6) is 5.75 Å². The first kappa shape index (κ1) is 44.6. The molecule has 11 nitrogen and oxygen atoms in total. The maximum absolute atomic E-state index is 12.6. The van der Waals surface area contributed by atoms with Crippen molar-refractivity contribution in [2.45, 2.75) is 51.6 Å². The van der Waals surface area contributed by atoms with Crippen molar-refractivity contribution in [2.75, 3.05) is 7.11 Å². The molecule has 3 unspecified atom stereocenters. The monoisotopic (exact) mass is 850 g/mol. The number of aromatic nitrogens is 1. The summed E-state index contributed by atoms with van der Waals surface area (Å²) in [6.07, 6.45) is 2.96. The van der Waals surface area contributed by atoms with Crippen molar-refractivity contribution in [2.24, 2.45) is 0 Å². The highest BCUT2D eigenvalue weighted by Gasteiger charge is 2.36. The molecule has 0 radical (unpaired) electrons. The van der Waals surface area contributed by atoms with E-state index in [-0.39, 0.29) is 14.7 Å². The quantitative estimate of drug-likeness (QED) is 0.124. The molecular weight excluding hydrogens is 813 g/mol. The Morgan fingerprint density at radius 3 is 1.26 bits per heavy atom. The van der Waals surface area contributed by atoms with Crippen LogP contribution < -0.4 is 4.74 Å². The molecule has 2 heterocycles. The highest BCUT2D eigenvalue weighted by atomic mass is 32.2. The summed E-state index contributed by atoms with van der Waals surface area (Å²) in [4.78, 5) is 14.2. The van der Waals surface area contributed by atoms with Gasteiger partial charge in [0, 0.05) is 17.8 Å². The number of benzene rings is 4. The molecule has 4 aromatic carbocycles. The van der Waals surface area contributed by atoms with Gasteiger partial charge in [-0.3, -0.25) is 19.5 Å². The minimum atomic E-state index is -3.74. The average molecular weight is 851 g/mol. The Hall–Kier alpha value is -6.15. The molecule has 6 aromatic rings. The van der Waals surface area contributed by atoms with E-state index in [0.29, 0.717) is 22.4 Å². The molecule has 0 aliphatic heterocycles. The van der Waals surface area contributed by atoms with Gasteiger partial charge in [-0.1, -0.05) is 53.1 Å². The summed E-state index contributed by atoms with van der Waals surface area (Å²) in [5.74, 6) is 0.621. The third kappa shape index (κ3) is 10.8. The van der Waals surface area contributed by atoms with Gasteiger partial charge in [-0.25, -0.2) is 45.0 Å². The molecular formula is C43H38N4O7S4. The number of hydrogen-bond acceptors (Lipinski definition) is 9. The lowest BCUT2D eigenvalue weighted by atomic mass is 10.2. The first-order chi connectivity index (χ1) is 27.6. The molecule has 0 saturated carbocycles. The van der Waals surface area contributed by atoms with Crippen molar-refractivity contribution < 1.29 is 30.0 Å². The molecule has 0 bridgehead atoms. The van der Waals surface area contributed by atoms with E-state index in [4.69, 9.17) is 24.5 Å². The summed E-state index contributed by atoms with van der Waals surface area (Å²) in [7, 11) is -9.56. The van der Waals surface area contributed by atoms with Crippen LogP contribution in [-0.4, -0.2) is 37.3 Å². The van der Waals surface area contributed by atoms with Crippen molar-refractivity contribution in [3.05, 3.63) is 206 Å². The van der Waals surface area contributed by atoms with Crippen LogP contribution in [0.15, 0.2) is 153 Å². The minimum absolute atomic E-state index is 0.156. The van der Waals surface area contributed by atoms with Crippen LogP contribution in [0.4, 0.5) is 0 Å². The van der Waals surface area contributed by atoms with E-state index in [1.165, 1.54) is 48.9 Å². The molecule has 3 atom stereocenters. The van der Waals surface area contributed by atoms with Gasteiger partial charge in [0.25, 0.3) is 29.5 Å². The number of methoxy groups -OCH3 is 1. The lowest BCUT2D eigenvalue weighted by Crippen LogP contribution is -2.10. The number of hydrogen-bond donors (Lipinski definition) is 0. The zero-order valence-electron chi connectivity index (χ0n) is 31.8. The van der Waals surface area contributed by atoms with E-state index in [0.717, 1.165) is 16.7 Å². The van der Waals surface area contributed by atoms with Gasteiger partial charge in [0.15, 0.2) is 0 Å². The molecule has 0 aliphatic rings. The number of thiophene rings is 1. The van der Waals surface area contributed by atoms with E-state index in [9.17, 15) is 25.3 Å². The second-order valence-electron chi connectivity index (χ2n) is 12.6. The van der Waals surface area contributed by atoms with Crippen molar-refractivity contribution in [1.29, 1.82) is 0 Å². The maximum atomic E-state index is 12.6.